The molecule has 0 heterocycles. The zero-order chi connectivity index (χ0) is 23.4. The third kappa shape index (κ3) is 15.4. The zero-order valence-electron chi connectivity index (χ0n) is 19.5. The van der Waals surface area contributed by atoms with E-state index in [1.165, 1.54) is 77.0 Å². The lowest BCUT2D eigenvalue weighted by molar-refractivity contribution is -0.183. The van der Waals surface area contributed by atoms with Gasteiger partial charge in [0.25, 0.3) is 0 Å². The summed E-state index contributed by atoms with van der Waals surface area (Å²) >= 11 is 0. The number of rotatable bonds is 21. The fourth-order valence-electron chi connectivity index (χ4n) is 3.54. The lowest BCUT2D eigenvalue weighted by atomic mass is 9.96. The van der Waals surface area contributed by atoms with Crippen LogP contribution in [-0.2, 0) is 14.3 Å². The fourth-order valence-corrected chi connectivity index (χ4v) is 3.54. The third-order valence-electron chi connectivity index (χ3n) is 5.72. The van der Waals surface area contributed by atoms with E-state index in [1.807, 2.05) is 0 Å². The fraction of sp³-hybridized carbons (Fsp3) is 0.917. The van der Waals surface area contributed by atoms with E-state index in [0.717, 1.165) is 19.3 Å². The molecule has 0 aliphatic carbocycles. The number of esters is 2. The van der Waals surface area contributed by atoms with Crippen LogP contribution in [0.3, 0.4) is 0 Å². The molecule has 31 heavy (non-hydrogen) atoms. The normalized spacial score (nSPS) is 14.2. The standard InChI is InChI=1S/C24H46O7/c1-2-3-4-5-6-7-8-9-10-11-12-13-14-15-16-17-18-24(30,20-26)23(29)31-22(28)21(27)19-25/h21,25-27,30H,2-20H2,1H3. The molecule has 0 aromatic heterocycles. The lowest BCUT2D eigenvalue weighted by Gasteiger charge is -2.23. The zero-order valence-corrected chi connectivity index (χ0v) is 19.5. The minimum absolute atomic E-state index is 0.0245. The van der Waals surface area contributed by atoms with E-state index in [0.29, 0.717) is 6.42 Å². The first kappa shape index (κ1) is 30.0. The monoisotopic (exact) mass is 446 g/mol. The molecule has 0 aliphatic heterocycles. The summed E-state index contributed by atoms with van der Waals surface area (Å²) in [5.41, 5.74) is -2.17. The van der Waals surface area contributed by atoms with E-state index < -0.39 is 36.9 Å². The number of unbranched alkanes of at least 4 members (excludes halogenated alkanes) is 15. The Bertz CT molecular complexity index is 455. The highest BCUT2D eigenvalue weighted by molar-refractivity contribution is 5.92. The van der Waals surface area contributed by atoms with E-state index in [9.17, 15) is 19.8 Å². The Labute approximate surface area is 188 Å². The average Bonchev–Trinajstić information content (AvgIpc) is 2.77. The van der Waals surface area contributed by atoms with Crippen LogP contribution < -0.4 is 0 Å². The molecule has 2 atom stereocenters. The van der Waals surface area contributed by atoms with Gasteiger partial charge in [0.2, 0.25) is 0 Å². The van der Waals surface area contributed by atoms with Gasteiger partial charge in [-0.3, -0.25) is 0 Å². The largest absolute Gasteiger partial charge is 0.393 e. The summed E-state index contributed by atoms with van der Waals surface area (Å²) in [7, 11) is 0. The van der Waals surface area contributed by atoms with Crippen molar-refractivity contribution in [1.82, 2.24) is 0 Å². The smallest absolute Gasteiger partial charge is 0.348 e. The van der Waals surface area contributed by atoms with Gasteiger partial charge in [-0.25, -0.2) is 9.59 Å². The van der Waals surface area contributed by atoms with Crippen molar-refractivity contribution in [1.29, 1.82) is 0 Å². The van der Waals surface area contributed by atoms with Crippen LogP contribution >= 0.6 is 0 Å². The molecule has 0 spiro atoms. The minimum atomic E-state index is -2.17. The molecular formula is C24H46O7. The molecule has 0 aliphatic rings. The Kier molecular flexibility index (Phi) is 19.0. The molecule has 0 rings (SSSR count). The van der Waals surface area contributed by atoms with Crippen LogP contribution in [-0.4, -0.2) is 57.3 Å². The summed E-state index contributed by atoms with van der Waals surface area (Å²) in [6.07, 6.45) is 17.4. The topological polar surface area (TPSA) is 124 Å². The van der Waals surface area contributed by atoms with Crippen molar-refractivity contribution in [2.75, 3.05) is 13.2 Å². The Morgan fingerprint density at radius 1 is 0.742 bits per heavy atom. The van der Waals surface area contributed by atoms with Gasteiger partial charge in [0.1, 0.15) is 0 Å². The number of aliphatic hydroxyl groups excluding tert-OH is 3. The molecule has 4 N–H and O–H groups in total. The van der Waals surface area contributed by atoms with Crippen LogP contribution in [0.2, 0.25) is 0 Å². The second-order valence-electron chi connectivity index (χ2n) is 8.65. The maximum Gasteiger partial charge on any atom is 0.348 e. The molecule has 0 fully saturated rings. The van der Waals surface area contributed by atoms with Crippen LogP contribution in [0, 0.1) is 0 Å². The number of carbonyl (C=O) groups is 2. The highest BCUT2D eigenvalue weighted by Gasteiger charge is 2.38. The van der Waals surface area contributed by atoms with Gasteiger partial charge in [-0.15, -0.1) is 0 Å². The quantitative estimate of drug-likeness (QED) is 0.120. The van der Waals surface area contributed by atoms with Gasteiger partial charge in [-0.05, 0) is 12.8 Å². The van der Waals surface area contributed by atoms with Gasteiger partial charge in [0.15, 0.2) is 11.7 Å². The Balaban J connectivity index is 3.65. The Hall–Kier alpha value is -1.02. The molecule has 7 heteroatoms. The number of ether oxygens (including phenoxy) is 1. The summed E-state index contributed by atoms with van der Waals surface area (Å²) < 4.78 is 4.34. The Morgan fingerprint density at radius 3 is 1.48 bits per heavy atom. The second kappa shape index (κ2) is 19.6. The molecule has 0 bridgehead atoms. The van der Waals surface area contributed by atoms with Crippen molar-refractivity contribution in [3.8, 4) is 0 Å². The molecule has 2 unspecified atom stereocenters. The first-order valence-electron chi connectivity index (χ1n) is 12.3. The molecule has 184 valence electrons. The predicted octanol–water partition coefficient (Wildman–Crippen LogP) is 3.78. The molecule has 0 amide bonds. The van der Waals surface area contributed by atoms with Crippen LogP contribution in [0.4, 0.5) is 0 Å². The maximum absolute atomic E-state index is 11.9. The summed E-state index contributed by atoms with van der Waals surface area (Å²) in [4.78, 5) is 23.2. The first-order valence-corrected chi connectivity index (χ1v) is 12.3. The van der Waals surface area contributed by atoms with E-state index in [-0.39, 0.29) is 6.42 Å². The van der Waals surface area contributed by atoms with Gasteiger partial charge >= 0.3 is 11.9 Å². The van der Waals surface area contributed by atoms with Crippen molar-refractivity contribution < 1.29 is 34.8 Å². The van der Waals surface area contributed by atoms with E-state index in [4.69, 9.17) is 10.2 Å². The van der Waals surface area contributed by atoms with Crippen LogP contribution in [0.25, 0.3) is 0 Å². The SMILES string of the molecule is CCCCCCCCCCCCCCCCCCC(O)(CO)C(=O)OC(=O)C(O)CO. The highest BCUT2D eigenvalue weighted by Crippen LogP contribution is 2.19. The number of hydrogen-bond donors (Lipinski definition) is 4. The van der Waals surface area contributed by atoms with Gasteiger partial charge in [0, 0.05) is 0 Å². The lowest BCUT2D eigenvalue weighted by Crippen LogP contribution is -2.46. The third-order valence-corrected chi connectivity index (χ3v) is 5.72. The number of hydrogen-bond acceptors (Lipinski definition) is 7. The number of aliphatic hydroxyl groups is 4. The molecule has 0 aromatic carbocycles. The van der Waals surface area contributed by atoms with E-state index in [2.05, 4.69) is 11.7 Å². The van der Waals surface area contributed by atoms with Gasteiger partial charge in [0.05, 0.1) is 13.2 Å². The second-order valence-corrected chi connectivity index (χ2v) is 8.65. The summed E-state index contributed by atoms with van der Waals surface area (Å²) in [6.45, 7) is 0.492. The predicted molar refractivity (Wildman–Crippen MR) is 120 cm³/mol. The van der Waals surface area contributed by atoms with Crippen molar-refractivity contribution in [3.63, 3.8) is 0 Å². The van der Waals surface area contributed by atoms with Gasteiger partial charge in [-0.2, -0.15) is 0 Å². The minimum Gasteiger partial charge on any atom is -0.393 e. The van der Waals surface area contributed by atoms with Crippen molar-refractivity contribution in [2.24, 2.45) is 0 Å². The molecule has 0 saturated heterocycles. The molecule has 0 saturated carbocycles. The highest BCUT2D eigenvalue weighted by atomic mass is 16.6. The molecule has 7 nitrogen and oxygen atoms in total. The van der Waals surface area contributed by atoms with Crippen LogP contribution in [0.15, 0.2) is 0 Å². The average molecular weight is 447 g/mol. The summed E-state index contributed by atoms with van der Waals surface area (Å²) in [5, 5.41) is 37.3. The van der Waals surface area contributed by atoms with Gasteiger partial charge in [-0.1, -0.05) is 103 Å². The van der Waals surface area contributed by atoms with E-state index >= 15 is 0 Å². The summed E-state index contributed by atoms with van der Waals surface area (Å²) in [6, 6.07) is 0. The van der Waals surface area contributed by atoms with Crippen molar-refractivity contribution in [3.05, 3.63) is 0 Å². The first-order chi connectivity index (χ1) is 14.9. The van der Waals surface area contributed by atoms with Crippen molar-refractivity contribution in [2.45, 2.75) is 128 Å². The summed E-state index contributed by atoms with van der Waals surface area (Å²) in [5.74, 6) is -2.64. The van der Waals surface area contributed by atoms with Gasteiger partial charge < -0.3 is 25.2 Å². The number of carbonyl (C=O) groups excluding carboxylic acids is 2. The Morgan fingerprint density at radius 2 is 1.13 bits per heavy atom. The van der Waals surface area contributed by atoms with Crippen LogP contribution in [0.1, 0.15) is 116 Å². The van der Waals surface area contributed by atoms with Crippen molar-refractivity contribution >= 4 is 11.9 Å². The molecular weight excluding hydrogens is 400 g/mol. The maximum atomic E-state index is 11.9. The molecule has 0 radical (unpaired) electrons. The van der Waals surface area contributed by atoms with Crippen LogP contribution in [0.5, 0.6) is 0 Å². The molecule has 0 aromatic rings. The van der Waals surface area contributed by atoms with E-state index in [1.54, 1.807) is 0 Å².